The number of benzene rings is 2. The van der Waals surface area contributed by atoms with Crippen LogP contribution < -0.4 is 0 Å². The minimum atomic E-state index is -0.240. The van der Waals surface area contributed by atoms with Gasteiger partial charge in [0.25, 0.3) is 0 Å². The van der Waals surface area contributed by atoms with Crippen LogP contribution in [0.2, 0.25) is 0 Å². The van der Waals surface area contributed by atoms with Crippen molar-refractivity contribution in [1.82, 2.24) is 0 Å². The van der Waals surface area contributed by atoms with E-state index in [-0.39, 0.29) is 5.82 Å². The summed E-state index contributed by atoms with van der Waals surface area (Å²) >= 11 is 1.43. The first-order chi connectivity index (χ1) is 8.24. The zero-order chi connectivity index (χ0) is 12.1. The predicted molar refractivity (Wildman–Crippen MR) is 70.1 cm³/mol. The average molecular weight is 245 g/mol. The van der Waals surface area contributed by atoms with Gasteiger partial charge in [0, 0.05) is 11.3 Å². The van der Waals surface area contributed by atoms with Gasteiger partial charge in [-0.25, -0.2) is 4.39 Å². The Balaban J connectivity index is 1.96. The largest absolute Gasteiger partial charge is 0.298 e. The molecular formula is C14H12FNS. The third kappa shape index (κ3) is 3.71. The molecule has 0 radical (unpaired) electrons. The highest BCUT2D eigenvalue weighted by Gasteiger charge is 2.02. The zero-order valence-corrected chi connectivity index (χ0v) is 10.0. The lowest BCUT2D eigenvalue weighted by Crippen LogP contribution is -1.96. The Morgan fingerprint density at radius 1 is 1.00 bits per heavy atom. The van der Waals surface area contributed by atoms with Gasteiger partial charge in [0.05, 0.1) is 5.04 Å². The van der Waals surface area contributed by atoms with Crippen LogP contribution in [0.3, 0.4) is 0 Å². The molecule has 1 nitrogen and oxygen atoms in total. The highest BCUT2D eigenvalue weighted by Crippen LogP contribution is 2.20. The van der Waals surface area contributed by atoms with Crippen LogP contribution in [0.4, 0.5) is 4.39 Å². The smallest absolute Gasteiger partial charge is 0.123 e. The molecule has 2 rings (SSSR count). The van der Waals surface area contributed by atoms with Crippen LogP contribution >= 0.6 is 11.8 Å². The Kier molecular flexibility index (Phi) is 3.94. The quantitative estimate of drug-likeness (QED) is 0.490. The maximum atomic E-state index is 12.7. The molecule has 0 atom stereocenters. The van der Waals surface area contributed by atoms with Crippen LogP contribution in [0.25, 0.3) is 0 Å². The second-order valence-electron chi connectivity index (χ2n) is 3.64. The molecule has 0 bridgehead atoms. The summed E-state index contributed by atoms with van der Waals surface area (Å²) < 4.78 is 12.7. The Morgan fingerprint density at radius 2 is 1.65 bits per heavy atom. The van der Waals surface area contributed by atoms with Gasteiger partial charge >= 0.3 is 0 Å². The highest BCUT2D eigenvalue weighted by molar-refractivity contribution is 8.13. The van der Waals surface area contributed by atoms with E-state index in [1.54, 1.807) is 12.1 Å². The Bertz CT molecular complexity index is 493. The molecule has 2 aromatic rings. The number of hydrogen-bond donors (Lipinski definition) is 1. The molecule has 3 heteroatoms. The summed E-state index contributed by atoms with van der Waals surface area (Å²) in [6.07, 6.45) is 0.542. The average Bonchev–Trinajstić information content (AvgIpc) is 2.33. The third-order valence-electron chi connectivity index (χ3n) is 2.26. The fourth-order valence-corrected chi connectivity index (χ4v) is 2.27. The summed E-state index contributed by atoms with van der Waals surface area (Å²) in [7, 11) is 0. The lowest BCUT2D eigenvalue weighted by Gasteiger charge is -2.03. The first-order valence-electron chi connectivity index (χ1n) is 5.29. The first-order valence-corrected chi connectivity index (χ1v) is 6.10. The number of rotatable bonds is 3. The van der Waals surface area contributed by atoms with Gasteiger partial charge in [-0.15, -0.1) is 0 Å². The van der Waals surface area contributed by atoms with Gasteiger partial charge in [0.1, 0.15) is 5.82 Å². The number of nitrogens with one attached hydrogen (secondary N) is 1. The molecule has 17 heavy (non-hydrogen) atoms. The SMILES string of the molecule is N=C(Cc1ccc(F)cc1)Sc1ccccc1. The van der Waals surface area contributed by atoms with Crippen molar-refractivity contribution in [2.45, 2.75) is 11.3 Å². The summed E-state index contributed by atoms with van der Waals surface area (Å²) in [6, 6.07) is 16.1. The maximum absolute atomic E-state index is 12.7. The number of hydrogen-bond acceptors (Lipinski definition) is 2. The van der Waals surface area contributed by atoms with Crippen molar-refractivity contribution in [2.24, 2.45) is 0 Å². The lowest BCUT2D eigenvalue weighted by atomic mass is 10.2. The van der Waals surface area contributed by atoms with Gasteiger partial charge in [-0.2, -0.15) is 0 Å². The zero-order valence-electron chi connectivity index (χ0n) is 9.19. The molecule has 1 N–H and O–H groups in total. The van der Waals surface area contributed by atoms with Crippen molar-refractivity contribution >= 4 is 16.8 Å². The minimum absolute atomic E-state index is 0.240. The summed E-state index contributed by atoms with van der Waals surface area (Å²) in [5.74, 6) is -0.240. The third-order valence-corrected chi connectivity index (χ3v) is 3.16. The fraction of sp³-hybridized carbons (Fsp3) is 0.0714. The molecule has 0 fully saturated rings. The molecule has 0 saturated carbocycles. The number of halogens is 1. The topological polar surface area (TPSA) is 23.9 Å². The molecule has 0 aromatic heterocycles. The van der Waals surface area contributed by atoms with Crippen LogP contribution in [-0.4, -0.2) is 5.04 Å². The molecule has 0 aliphatic heterocycles. The fourth-order valence-electron chi connectivity index (χ4n) is 1.45. The minimum Gasteiger partial charge on any atom is -0.298 e. The normalized spacial score (nSPS) is 10.2. The van der Waals surface area contributed by atoms with E-state index in [4.69, 9.17) is 5.41 Å². The molecule has 0 aliphatic carbocycles. The lowest BCUT2D eigenvalue weighted by molar-refractivity contribution is 0.627. The van der Waals surface area contributed by atoms with E-state index in [9.17, 15) is 4.39 Å². The monoisotopic (exact) mass is 245 g/mol. The van der Waals surface area contributed by atoms with Crippen molar-refractivity contribution < 1.29 is 4.39 Å². The van der Waals surface area contributed by atoms with Gasteiger partial charge in [-0.1, -0.05) is 42.1 Å². The van der Waals surface area contributed by atoms with Crippen molar-refractivity contribution in [1.29, 1.82) is 5.41 Å². The summed E-state index contributed by atoms with van der Waals surface area (Å²) in [6.45, 7) is 0. The van der Waals surface area contributed by atoms with Gasteiger partial charge in [0.2, 0.25) is 0 Å². The maximum Gasteiger partial charge on any atom is 0.123 e. The van der Waals surface area contributed by atoms with Crippen molar-refractivity contribution in [2.75, 3.05) is 0 Å². The molecule has 0 heterocycles. The highest BCUT2D eigenvalue weighted by atomic mass is 32.2. The first kappa shape index (κ1) is 11.9. The van der Waals surface area contributed by atoms with E-state index in [0.717, 1.165) is 10.5 Å². The van der Waals surface area contributed by atoms with Gasteiger partial charge in [0.15, 0.2) is 0 Å². The van der Waals surface area contributed by atoms with Crippen LogP contribution in [-0.2, 0) is 6.42 Å². The summed E-state index contributed by atoms with van der Waals surface area (Å²) in [4.78, 5) is 1.06. The van der Waals surface area contributed by atoms with E-state index in [1.165, 1.54) is 23.9 Å². The molecule has 0 aliphatic rings. The van der Waals surface area contributed by atoms with Crippen molar-refractivity contribution in [3.63, 3.8) is 0 Å². The number of thioether (sulfide) groups is 1. The van der Waals surface area contributed by atoms with Gasteiger partial charge in [-0.3, -0.25) is 5.41 Å². The van der Waals surface area contributed by atoms with Gasteiger partial charge in [-0.05, 0) is 29.8 Å². The second kappa shape index (κ2) is 5.64. The molecule has 86 valence electrons. The molecule has 0 spiro atoms. The van der Waals surface area contributed by atoms with Crippen LogP contribution in [0, 0.1) is 11.2 Å². The summed E-state index contributed by atoms with van der Waals surface area (Å²) in [5.41, 5.74) is 0.958. The predicted octanol–water partition coefficient (Wildman–Crippen LogP) is 4.14. The van der Waals surface area contributed by atoms with E-state index in [2.05, 4.69) is 0 Å². The van der Waals surface area contributed by atoms with E-state index >= 15 is 0 Å². The Hall–Kier alpha value is -1.61. The van der Waals surface area contributed by atoms with Crippen LogP contribution in [0.5, 0.6) is 0 Å². The van der Waals surface area contributed by atoms with Gasteiger partial charge < -0.3 is 0 Å². The standard InChI is InChI=1S/C14H12FNS/c15-12-8-6-11(7-9-12)10-14(16)17-13-4-2-1-3-5-13/h1-9,16H,10H2. The Labute approximate surface area is 104 Å². The van der Waals surface area contributed by atoms with Crippen LogP contribution in [0.15, 0.2) is 59.5 Å². The van der Waals surface area contributed by atoms with E-state index < -0.39 is 0 Å². The molecular weight excluding hydrogens is 233 g/mol. The second-order valence-corrected chi connectivity index (χ2v) is 4.81. The van der Waals surface area contributed by atoms with E-state index in [1.807, 2.05) is 30.3 Å². The van der Waals surface area contributed by atoms with E-state index in [0.29, 0.717) is 11.5 Å². The van der Waals surface area contributed by atoms with Crippen molar-refractivity contribution in [3.05, 3.63) is 66.0 Å². The van der Waals surface area contributed by atoms with Crippen molar-refractivity contribution in [3.8, 4) is 0 Å². The Morgan fingerprint density at radius 3 is 2.29 bits per heavy atom. The molecule has 0 amide bonds. The van der Waals surface area contributed by atoms with Crippen LogP contribution in [0.1, 0.15) is 5.56 Å². The molecule has 2 aromatic carbocycles. The summed E-state index contributed by atoms with van der Waals surface area (Å²) in [5, 5.41) is 8.44. The molecule has 0 saturated heterocycles. The molecule has 0 unspecified atom stereocenters.